The summed E-state index contributed by atoms with van der Waals surface area (Å²) in [5.74, 6) is 0.311. The zero-order valence-corrected chi connectivity index (χ0v) is 17.0. The van der Waals surface area contributed by atoms with Crippen molar-refractivity contribution in [2.24, 2.45) is 0 Å². The minimum Gasteiger partial charge on any atom is -0.489 e. The lowest BCUT2D eigenvalue weighted by molar-refractivity contribution is -0.00809. The van der Waals surface area contributed by atoms with Gasteiger partial charge < -0.3 is 19.1 Å². The van der Waals surface area contributed by atoms with Gasteiger partial charge >= 0.3 is 12.1 Å². The van der Waals surface area contributed by atoms with Crippen LogP contribution >= 0.6 is 0 Å². The van der Waals surface area contributed by atoms with E-state index in [0.29, 0.717) is 24.5 Å². The summed E-state index contributed by atoms with van der Waals surface area (Å²) >= 11 is 0. The average molecular weight is 377 g/mol. The second kappa shape index (κ2) is 9.11. The number of nitrogens with zero attached hydrogens (tertiary/aromatic N) is 1. The molecule has 1 aliphatic heterocycles. The molecule has 2 rings (SSSR count). The summed E-state index contributed by atoms with van der Waals surface area (Å²) in [5.41, 5.74) is -0.0311. The number of ether oxygens (including phenoxy) is 3. The molecule has 2 atom stereocenters. The van der Waals surface area contributed by atoms with Crippen LogP contribution < -0.4 is 4.74 Å². The summed E-state index contributed by atoms with van der Waals surface area (Å²) in [6, 6.07) is 6.84. The molecule has 0 saturated carbocycles. The Morgan fingerprint density at radius 3 is 2.44 bits per heavy atom. The van der Waals surface area contributed by atoms with Crippen molar-refractivity contribution in [2.45, 2.75) is 71.6 Å². The van der Waals surface area contributed by atoms with E-state index in [4.69, 9.17) is 14.2 Å². The van der Waals surface area contributed by atoms with Crippen LogP contribution in [-0.2, 0) is 9.47 Å². The van der Waals surface area contributed by atoms with Crippen molar-refractivity contribution < 1.29 is 23.8 Å². The van der Waals surface area contributed by atoms with Crippen LogP contribution in [0.4, 0.5) is 4.79 Å². The summed E-state index contributed by atoms with van der Waals surface area (Å²) < 4.78 is 16.6. The fourth-order valence-electron chi connectivity index (χ4n) is 3.17. The monoisotopic (exact) mass is 377 g/mol. The van der Waals surface area contributed by atoms with Gasteiger partial charge in [0, 0.05) is 6.54 Å². The van der Waals surface area contributed by atoms with E-state index in [0.717, 1.165) is 19.3 Å². The number of carbonyl (C=O) groups is 2. The Morgan fingerprint density at radius 2 is 1.85 bits per heavy atom. The molecule has 1 saturated heterocycles. The lowest BCUT2D eigenvalue weighted by Crippen LogP contribution is -2.51. The highest BCUT2D eigenvalue weighted by Crippen LogP contribution is 2.25. The van der Waals surface area contributed by atoms with Crippen LogP contribution in [0.15, 0.2) is 24.3 Å². The summed E-state index contributed by atoms with van der Waals surface area (Å²) in [4.78, 5) is 26.1. The van der Waals surface area contributed by atoms with Crippen molar-refractivity contribution in [3.8, 4) is 5.75 Å². The molecular weight excluding hydrogens is 346 g/mol. The molecule has 0 aliphatic carbocycles. The molecule has 150 valence electrons. The second-order valence-electron chi connectivity index (χ2n) is 7.80. The topological polar surface area (TPSA) is 65.1 Å². The first-order valence-corrected chi connectivity index (χ1v) is 9.64. The summed E-state index contributed by atoms with van der Waals surface area (Å²) in [7, 11) is 0. The number of likely N-dealkylation sites (tertiary alicyclic amines) is 1. The maximum absolute atomic E-state index is 12.6. The molecule has 1 aromatic rings. The standard InChI is InChI=1S/C21H31NO5/c1-6-25-19(23)16-10-12-17(13-11-16)26-15(2)18-9-7-8-14-22(18)20(24)27-21(3,4)5/h10-13,15,18H,6-9,14H2,1-5H3. The highest BCUT2D eigenvalue weighted by atomic mass is 16.6. The number of amides is 1. The maximum atomic E-state index is 12.6. The SMILES string of the molecule is CCOC(=O)c1ccc(OC(C)C2CCCCN2C(=O)OC(C)(C)C)cc1. The fourth-order valence-corrected chi connectivity index (χ4v) is 3.17. The largest absolute Gasteiger partial charge is 0.489 e. The van der Waals surface area contributed by atoms with Crippen LogP contribution in [0.3, 0.4) is 0 Å². The lowest BCUT2D eigenvalue weighted by atomic mass is 9.98. The molecule has 0 N–H and O–H groups in total. The van der Waals surface area contributed by atoms with Crippen molar-refractivity contribution >= 4 is 12.1 Å². The van der Waals surface area contributed by atoms with Crippen molar-refractivity contribution in [2.75, 3.05) is 13.2 Å². The molecule has 0 spiro atoms. The van der Waals surface area contributed by atoms with E-state index in [-0.39, 0.29) is 24.2 Å². The van der Waals surface area contributed by atoms with Crippen molar-refractivity contribution in [1.82, 2.24) is 4.90 Å². The minimum atomic E-state index is -0.522. The lowest BCUT2D eigenvalue weighted by Gasteiger charge is -2.39. The smallest absolute Gasteiger partial charge is 0.410 e. The number of carbonyl (C=O) groups excluding carboxylic acids is 2. The maximum Gasteiger partial charge on any atom is 0.410 e. The third-order valence-corrected chi connectivity index (χ3v) is 4.41. The summed E-state index contributed by atoms with van der Waals surface area (Å²) in [5, 5.41) is 0. The number of hydrogen-bond donors (Lipinski definition) is 0. The third kappa shape index (κ3) is 6.15. The van der Waals surface area contributed by atoms with Gasteiger partial charge in [0.05, 0.1) is 18.2 Å². The first-order chi connectivity index (χ1) is 12.7. The van der Waals surface area contributed by atoms with E-state index in [1.165, 1.54) is 0 Å². The van der Waals surface area contributed by atoms with Crippen molar-refractivity contribution in [3.63, 3.8) is 0 Å². The molecule has 0 radical (unpaired) electrons. The first kappa shape index (κ1) is 21.1. The van der Waals surface area contributed by atoms with Crippen LogP contribution in [-0.4, -0.2) is 47.9 Å². The fraction of sp³-hybridized carbons (Fsp3) is 0.619. The number of esters is 1. The molecule has 1 amide bonds. The van der Waals surface area contributed by atoms with E-state index in [2.05, 4.69) is 0 Å². The Kier molecular flexibility index (Phi) is 7.11. The molecule has 6 nitrogen and oxygen atoms in total. The van der Waals surface area contributed by atoms with Gasteiger partial charge in [-0.1, -0.05) is 0 Å². The predicted molar refractivity (Wildman–Crippen MR) is 103 cm³/mol. The summed E-state index contributed by atoms with van der Waals surface area (Å²) in [6.07, 6.45) is 2.42. The number of benzene rings is 1. The highest BCUT2D eigenvalue weighted by molar-refractivity contribution is 5.89. The van der Waals surface area contributed by atoms with Crippen LogP contribution in [0, 0.1) is 0 Å². The van der Waals surface area contributed by atoms with E-state index < -0.39 is 5.60 Å². The number of rotatable bonds is 5. The molecular formula is C21H31NO5. The van der Waals surface area contributed by atoms with E-state index in [1.807, 2.05) is 27.7 Å². The molecule has 1 heterocycles. The van der Waals surface area contributed by atoms with Crippen LogP contribution in [0.1, 0.15) is 64.2 Å². The molecule has 2 unspecified atom stereocenters. The van der Waals surface area contributed by atoms with Gasteiger partial charge in [0.15, 0.2) is 0 Å². The zero-order chi connectivity index (χ0) is 20.0. The van der Waals surface area contributed by atoms with Crippen LogP contribution in [0.25, 0.3) is 0 Å². The van der Waals surface area contributed by atoms with Gasteiger partial charge in [0.2, 0.25) is 0 Å². The van der Waals surface area contributed by atoms with E-state index in [9.17, 15) is 9.59 Å². The Morgan fingerprint density at radius 1 is 1.19 bits per heavy atom. The molecule has 1 aromatic carbocycles. The van der Waals surface area contributed by atoms with Gasteiger partial charge in [-0.3, -0.25) is 0 Å². The van der Waals surface area contributed by atoms with Crippen molar-refractivity contribution in [1.29, 1.82) is 0 Å². The second-order valence-corrected chi connectivity index (χ2v) is 7.80. The van der Waals surface area contributed by atoms with Crippen LogP contribution in [0.2, 0.25) is 0 Å². The zero-order valence-electron chi connectivity index (χ0n) is 17.0. The number of piperidine rings is 1. The Bertz CT molecular complexity index is 635. The molecule has 0 bridgehead atoms. The van der Waals surface area contributed by atoms with Gasteiger partial charge in [0.1, 0.15) is 17.5 Å². The molecule has 1 fully saturated rings. The van der Waals surface area contributed by atoms with Gasteiger partial charge in [-0.25, -0.2) is 9.59 Å². The highest BCUT2D eigenvalue weighted by Gasteiger charge is 2.34. The Hall–Kier alpha value is -2.24. The minimum absolute atomic E-state index is 0.0432. The van der Waals surface area contributed by atoms with Crippen molar-refractivity contribution in [3.05, 3.63) is 29.8 Å². The molecule has 1 aliphatic rings. The molecule has 0 aromatic heterocycles. The van der Waals surface area contributed by atoms with Gasteiger partial charge in [-0.15, -0.1) is 0 Å². The molecule has 6 heteroatoms. The predicted octanol–water partition coefficient (Wildman–Crippen LogP) is 4.42. The van der Waals surface area contributed by atoms with E-state index >= 15 is 0 Å². The third-order valence-electron chi connectivity index (χ3n) is 4.41. The normalized spacial score (nSPS) is 18.6. The van der Waals surface area contributed by atoms with Gasteiger partial charge in [-0.2, -0.15) is 0 Å². The summed E-state index contributed by atoms with van der Waals surface area (Å²) in [6.45, 7) is 10.4. The first-order valence-electron chi connectivity index (χ1n) is 9.64. The Balaban J connectivity index is 2.03. The van der Waals surface area contributed by atoms with Gasteiger partial charge in [0.25, 0.3) is 0 Å². The van der Waals surface area contributed by atoms with Crippen LogP contribution in [0.5, 0.6) is 5.75 Å². The Labute approximate surface area is 161 Å². The average Bonchev–Trinajstić information content (AvgIpc) is 2.61. The number of hydrogen-bond acceptors (Lipinski definition) is 5. The quantitative estimate of drug-likeness (QED) is 0.711. The van der Waals surface area contributed by atoms with E-state index in [1.54, 1.807) is 36.1 Å². The molecule has 27 heavy (non-hydrogen) atoms. The van der Waals surface area contributed by atoms with Gasteiger partial charge in [-0.05, 0) is 78.1 Å².